The molecule has 6 rings (SSSR count). The summed E-state index contributed by atoms with van der Waals surface area (Å²) in [5, 5.41) is 10.4. The van der Waals surface area contributed by atoms with Gasteiger partial charge < -0.3 is 19.1 Å². The van der Waals surface area contributed by atoms with Crippen LogP contribution < -0.4 is 10.0 Å². The van der Waals surface area contributed by atoms with Gasteiger partial charge in [-0.25, -0.2) is 23.5 Å². The fourth-order valence-corrected chi connectivity index (χ4v) is 5.34. The van der Waals surface area contributed by atoms with E-state index in [2.05, 4.69) is 25.1 Å². The number of halogens is 2. The van der Waals surface area contributed by atoms with Gasteiger partial charge in [-0.05, 0) is 65.8 Å². The zero-order valence-corrected chi connectivity index (χ0v) is 24.0. The Bertz CT molecular complexity index is 1890. The van der Waals surface area contributed by atoms with Gasteiger partial charge >= 0.3 is 5.97 Å². The van der Waals surface area contributed by atoms with Crippen LogP contribution in [0.5, 0.6) is 5.88 Å². The van der Waals surface area contributed by atoms with Gasteiger partial charge in [-0.1, -0.05) is 18.1 Å². The van der Waals surface area contributed by atoms with Crippen molar-refractivity contribution in [3.63, 3.8) is 0 Å². The van der Waals surface area contributed by atoms with Crippen molar-refractivity contribution < 1.29 is 28.2 Å². The van der Waals surface area contributed by atoms with Crippen LogP contribution in [0.3, 0.4) is 0 Å². The van der Waals surface area contributed by atoms with Gasteiger partial charge in [-0.3, -0.25) is 0 Å². The molecule has 43 heavy (non-hydrogen) atoms. The number of aromatic nitrogens is 3. The average Bonchev–Trinajstić information content (AvgIpc) is 3.32. The number of carboxylic acids is 1. The van der Waals surface area contributed by atoms with Crippen LogP contribution in [0.15, 0.2) is 66.7 Å². The van der Waals surface area contributed by atoms with Crippen molar-refractivity contribution in [2.75, 3.05) is 6.61 Å². The molecule has 1 N–H and O–H groups in total. The van der Waals surface area contributed by atoms with Crippen LogP contribution in [0.4, 0.5) is 8.78 Å². The molecule has 1 aliphatic heterocycles. The summed E-state index contributed by atoms with van der Waals surface area (Å²) in [6, 6.07) is 17.7. The molecule has 2 unspecified atom stereocenters. The monoisotopic (exact) mass is 597 g/mol. The van der Waals surface area contributed by atoms with Crippen molar-refractivity contribution >= 4 is 31.5 Å². The summed E-state index contributed by atoms with van der Waals surface area (Å²) in [7, 11) is 2.63. The first-order chi connectivity index (χ1) is 20.8. The van der Waals surface area contributed by atoms with E-state index in [0.717, 1.165) is 22.9 Å². The van der Waals surface area contributed by atoms with Gasteiger partial charge in [0, 0.05) is 35.8 Å². The lowest BCUT2D eigenvalue weighted by Gasteiger charge is -2.27. The smallest absolute Gasteiger partial charge is 0.335 e. The predicted molar refractivity (Wildman–Crippen MR) is 161 cm³/mol. The highest BCUT2D eigenvalue weighted by Crippen LogP contribution is 2.29. The number of ether oxygens (including phenoxy) is 2. The lowest BCUT2D eigenvalue weighted by Crippen LogP contribution is -2.31. The van der Waals surface area contributed by atoms with Crippen molar-refractivity contribution in [3.05, 3.63) is 106 Å². The second kappa shape index (κ2) is 11.9. The summed E-state index contributed by atoms with van der Waals surface area (Å²) < 4.78 is 44.2. The Labute approximate surface area is 248 Å². The van der Waals surface area contributed by atoms with E-state index in [0.29, 0.717) is 41.6 Å². The van der Waals surface area contributed by atoms with Crippen molar-refractivity contribution in [2.45, 2.75) is 32.1 Å². The highest BCUT2D eigenvalue weighted by Gasteiger charge is 2.24. The van der Waals surface area contributed by atoms with Crippen molar-refractivity contribution in [3.8, 4) is 29.5 Å². The summed E-state index contributed by atoms with van der Waals surface area (Å²) >= 11 is 0. The predicted octanol–water partition coefficient (Wildman–Crippen LogP) is 5.52. The number of pyridine rings is 1. The third-order valence-electron chi connectivity index (χ3n) is 7.44. The maximum Gasteiger partial charge on any atom is 0.335 e. The van der Waals surface area contributed by atoms with E-state index in [9.17, 15) is 9.90 Å². The number of nitrogens with zero attached hydrogens (tertiary/aromatic N) is 3. The number of fused-ring (bicyclic) bond motifs is 1. The molecule has 1 saturated heterocycles. The molecule has 5 aromatic rings. The van der Waals surface area contributed by atoms with Gasteiger partial charge in [0.05, 0.1) is 34.9 Å². The molecule has 1 aliphatic rings. The van der Waals surface area contributed by atoms with E-state index in [1.165, 1.54) is 24.3 Å². The van der Waals surface area contributed by atoms with Crippen LogP contribution in [0.2, 0.25) is 0 Å². The SMILES string of the molecule is C#Cc1ccc(COc2cccc(-c3cc(F)c(Cc4nc5ccc(C(=O)O)cc5n4CC4CCO4)c(F)c3)n2)c(P)c1. The lowest BCUT2D eigenvalue weighted by atomic mass is 10.0. The molecule has 0 saturated carbocycles. The Kier molecular flexibility index (Phi) is 7.90. The van der Waals surface area contributed by atoms with Crippen LogP contribution in [0, 0.1) is 24.0 Å². The van der Waals surface area contributed by atoms with Gasteiger partial charge in [-0.2, -0.15) is 0 Å². The molecule has 0 aliphatic carbocycles. The van der Waals surface area contributed by atoms with Crippen LogP contribution >= 0.6 is 9.24 Å². The molecule has 1 fully saturated rings. The number of terminal acetylenes is 1. The largest absolute Gasteiger partial charge is 0.478 e. The van der Waals surface area contributed by atoms with Gasteiger partial charge in [0.1, 0.15) is 24.1 Å². The highest BCUT2D eigenvalue weighted by atomic mass is 31.0. The Morgan fingerprint density at radius 1 is 1.12 bits per heavy atom. The fourth-order valence-electron chi connectivity index (χ4n) is 4.98. The Balaban J connectivity index is 1.26. The van der Waals surface area contributed by atoms with Crippen LogP contribution in [-0.2, 0) is 24.3 Å². The van der Waals surface area contributed by atoms with E-state index in [1.807, 2.05) is 18.2 Å². The molecule has 216 valence electrons. The van der Waals surface area contributed by atoms with Gasteiger partial charge in [0.15, 0.2) is 0 Å². The van der Waals surface area contributed by atoms with E-state index in [4.69, 9.17) is 15.9 Å². The number of rotatable bonds is 9. The van der Waals surface area contributed by atoms with Crippen molar-refractivity contribution in [1.29, 1.82) is 0 Å². The summed E-state index contributed by atoms with van der Waals surface area (Å²) in [6.45, 7) is 1.28. The quantitative estimate of drug-likeness (QED) is 0.178. The average molecular weight is 598 g/mol. The molecule has 3 heterocycles. The maximum absolute atomic E-state index is 15.5. The van der Waals surface area contributed by atoms with Crippen LogP contribution in [0.1, 0.15) is 39.3 Å². The number of hydrogen-bond donors (Lipinski definition) is 1. The molecule has 0 spiro atoms. The molecule has 10 heteroatoms. The molecular formula is C33H26F2N3O4P. The first-order valence-electron chi connectivity index (χ1n) is 13.6. The zero-order valence-electron chi connectivity index (χ0n) is 22.9. The lowest BCUT2D eigenvalue weighted by molar-refractivity contribution is -0.0589. The van der Waals surface area contributed by atoms with Gasteiger partial charge in [0.2, 0.25) is 5.88 Å². The molecule has 0 radical (unpaired) electrons. The molecule has 0 amide bonds. The Hall–Kier alpha value is -4.64. The second-order valence-corrected chi connectivity index (χ2v) is 10.9. The molecule has 0 bridgehead atoms. The van der Waals surface area contributed by atoms with Crippen molar-refractivity contribution in [1.82, 2.24) is 14.5 Å². The van der Waals surface area contributed by atoms with Gasteiger partial charge in [-0.15, -0.1) is 15.7 Å². The van der Waals surface area contributed by atoms with Crippen LogP contribution in [0.25, 0.3) is 22.3 Å². The second-order valence-electron chi connectivity index (χ2n) is 10.2. The molecule has 2 atom stereocenters. The summed E-state index contributed by atoms with van der Waals surface area (Å²) in [5.41, 5.74) is 3.35. The fraction of sp³-hybridized carbons (Fsp3) is 0.182. The number of hydrogen-bond acceptors (Lipinski definition) is 5. The van der Waals surface area contributed by atoms with E-state index >= 15 is 8.78 Å². The summed E-state index contributed by atoms with van der Waals surface area (Å²) in [6.07, 6.45) is 6.08. The first-order valence-corrected chi connectivity index (χ1v) is 14.1. The number of imidazole rings is 1. The molecule has 3 aromatic carbocycles. The standard InChI is InChI=1S/C33H26F2N3O4P/c1-2-19-6-7-21(30(43)12-19)18-42-32-5-3-4-27(37-32)22-13-25(34)24(26(35)14-22)16-31-36-28-9-8-20(33(39)40)15-29(28)38(31)17-23-10-11-41-23/h1,3-9,12-15,23H,10-11,16-18,43H2,(H,39,40). The number of aromatic carboxylic acids is 1. The highest BCUT2D eigenvalue weighted by molar-refractivity contribution is 7.27. The third kappa shape index (κ3) is 5.98. The Morgan fingerprint density at radius 3 is 2.58 bits per heavy atom. The summed E-state index contributed by atoms with van der Waals surface area (Å²) in [4.78, 5) is 20.6. The van der Waals surface area contributed by atoms with E-state index in [1.54, 1.807) is 28.8 Å². The van der Waals surface area contributed by atoms with Gasteiger partial charge in [0.25, 0.3) is 0 Å². The number of carboxylic acid groups (broad SMARTS) is 1. The van der Waals surface area contributed by atoms with Crippen LogP contribution in [-0.4, -0.2) is 38.3 Å². The molecule has 2 aromatic heterocycles. The van der Waals surface area contributed by atoms with Crippen molar-refractivity contribution in [2.24, 2.45) is 0 Å². The normalized spacial score (nSPS) is 14.3. The van der Waals surface area contributed by atoms with E-state index in [-0.39, 0.29) is 35.8 Å². The minimum atomic E-state index is -1.07. The number of benzene rings is 3. The maximum atomic E-state index is 15.5. The topological polar surface area (TPSA) is 86.5 Å². The zero-order chi connectivity index (χ0) is 30.1. The first kappa shape index (κ1) is 28.5. The molecule has 7 nitrogen and oxygen atoms in total. The third-order valence-corrected chi connectivity index (χ3v) is 7.97. The minimum absolute atomic E-state index is 0.0766. The minimum Gasteiger partial charge on any atom is -0.478 e. The van der Waals surface area contributed by atoms with E-state index < -0.39 is 17.6 Å². The summed E-state index contributed by atoms with van der Waals surface area (Å²) in [5.74, 6) is 0.756. The Morgan fingerprint density at radius 2 is 1.91 bits per heavy atom. The number of carbonyl (C=O) groups is 1. The molecular weight excluding hydrogens is 571 g/mol.